The molecule has 0 saturated heterocycles. The van der Waals surface area contributed by atoms with Gasteiger partial charge in [-0.25, -0.2) is 0 Å². The standard InChI is InChI=1S/C19H27Br/c1-13-7-8-17(11-14(13)2)19(20)18-10-9-15-5-3-4-6-16(15)12-18/h7-8,11,15-16,18-19H,3-6,9-10,12H2,1-2H3. The average Bonchev–Trinajstić information content (AvgIpc) is 2.49. The van der Waals surface area contributed by atoms with Crippen molar-refractivity contribution in [1.82, 2.24) is 0 Å². The van der Waals surface area contributed by atoms with Crippen LogP contribution in [0.3, 0.4) is 0 Å². The molecule has 2 fully saturated rings. The minimum atomic E-state index is 0.560. The molecule has 4 atom stereocenters. The number of rotatable bonds is 2. The molecule has 20 heavy (non-hydrogen) atoms. The Morgan fingerprint density at radius 1 is 0.950 bits per heavy atom. The molecule has 0 bridgehead atoms. The number of hydrogen-bond donors (Lipinski definition) is 0. The lowest BCUT2D eigenvalue weighted by atomic mass is 9.66. The largest absolute Gasteiger partial charge is 0.0836 e. The van der Waals surface area contributed by atoms with Gasteiger partial charge in [0.15, 0.2) is 0 Å². The van der Waals surface area contributed by atoms with Gasteiger partial charge in [0.1, 0.15) is 0 Å². The van der Waals surface area contributed by atoms with Gasteiger partial charge in [-0.15, -0.1) is 0 Å². The highest BCUT2D eigenvalue weighted by Gasteiger charge is 2.35. The summed E-state index contributed by atoms with van der Waals surface area (Å²) >= 11 is 4.02. The van der Waals surface area contributed by atoms with Crippen molar-refractivity contribution < 1.29 is 0 Å². The van der Waals surface area contributed by atoms with E-state index in [1.54, 1.807) is 0 Å². The molecular weight excluding hydrogens is 308 g/mol. The Balaban J connectivity index is 1.70. The van der Waals surface area contributed by atoms with Crippen LogP contribution in [0.25, 0.3) is 0 Å². The second-order valence-electron chi connectivity index (χ2n) is 7.12. The van der Waals surface area contributed by atoms with Crippen molar-refractivity contribution in [3.8, 4) is 0 Å². The van der Waals surface area contributed by atoms with Crippen molar-refractivity contribution in [3.63, 3.8) is 0 Å². The fourth-order valence-corrected chi connectivity index (χ4v) is 5.15. The predicted molar refractivity (Wildman–Crippen MR) is 90.4 cm³/mol. The smallest absolute Gasteiger partial charge is 0.0423 e. The maximum Gasteiger partial charge on any atom is 0.0423 e. The second-order valence-corrected chi connectivity index (χ2v) is 8.11. The van der Waals surface area contributed by atoms with Crippen LogP contribution < -0.4 is 0 Å². The van der Waals surface area contributed by atoms with Crippen LogP contribution in [0.1, 0.15) is 66.5 Å². The van der Waals surface area contributed by atoms with Crippen LogP contribution in [0.2, 0.25) is 0 Å². The van der Waals surface area contributed by atoms with E-state index in [0.717, 1.165) is 17.8 Å². The first-order valence-electron chi connectivity index (χ1n) is 8.36. The third-order valence-corrected chi connectivity index (χ3v) is 7.12. The van der Waals surface area contributed by atoms with Crippen molar-refractivity contribution in [2.45, 2.75) is 63.6 Å². The highest BCUT2D eigenvalue weighted by molar-refractivity contribution is 9.09. The topological polar surface area (TPSA) is 0 Å². The summed E-state index contributed by atoms with van der Waals surface area (Å²) in [5.74, 6) is 2.92. The summed E-state index contributed by atoms with van der Waals surface area (Å²) in [6.45, 7) is 4.44. The van der Waals surface area contributed by atoms with Crippen molar-refractivity contribution in [3.05, 3.63) is 34.9 Å². The van der Waals surface area contributed by atoms with E-state index >= 15 is 0 Å². The van der Waals surface area contributed by atoms with Gasteiger partial charge in [0.2, 0.25) is 0 Å². The maximum atomic E-state index is 4.02. The highest BCUT2D eigenvalue weighted by atomic mass is 79.9. The summed E-state index contributed by atoms with van der Waals surface area (Å²) in [5.41, 5.74) is 4.33. The first kappa shape index (κ1) is 14.6. The Labute approximate surface area is 132 Å². The van der Waals surface area contributed by atoms with E-state index in [1.165, 1.54) is 61.6 Å². The van der Waals surface area contributed by atoms with Gasteiger partial charge in [-0.2, -0.15) is 0 Å². The van der Waals surface area contributed by atoms with Gasteiger partial charge in [-0.3, -0.25) is 0 Å². The van der Waals surface area contributed by atoms with E-state index in [2.05, 4.69) is 48.0 Å². The number of halogens is 1. The number of aryl methyl sites for hydroxylation is 2. The van der Waals surface area contributed by atoms with E-state index in [1.807, 2.05) is 0 Å². The Bertz CT molecular complexity index is 465. The van der Waals surface area contributed by atoms with E-state index in [4.69, 9.17) is 0 Å². The van der Waals surface area contributed by atoms with Gasteiger partial charge in [0.25, 0.3) is 0 Å². The monoisotopic (exact) mass is 334 g/mol. The Hall–Kier alpha value is -0.300. The highest BCUT2D eigenvalue weighted by Crippen LogP contribution is 2.48. The molecule has 0 N–H and O–H groups in total. The molecule has 3 rings (SSSR count). The van der Waals surface area contributed by atoms with Gasteiger partial charge in [-0.05, 0) is 67.6 Å². The first-order valence-corrected chi connectivity index (χ1v) is 9.28. The summed E-state index contributed by atoms with van der Waals surface area (Å²) < 4.78 is 0. The Morgan fingerprint density at radius 2 is 1.70 bits per heavy atom. The molecule has 0 nitrogen and oxygen atoms in total. The molecule has 0 heterocycles. The molecule has 0 aromatic heterocycles. The molecule has 0 aliphatic heterocycles. The normalized spacial score (nSPS) is 31.6. The molecule has 1 aromatic rings. The maximum absolute atomic E-state index is 4.02. The lowest BCUT2D eigenvalue weighted by Crippen LogP contribution is -2.29. The molecule has 1 heteroatoms. The van der Waals surface area contributed by atoms with Crippen LogP contribution in [0.5, 0.6) is 0 Å². The summed E-state index contributed by atoms with van der Waals surface area (Å²) in [6, 6.07) is 7.00. The second kappa shape index (κ2) is 6.22. The van der Waals surface area contributed by atoms with Crippen molar-refractivity contribution >= 4 is 15.9 Å². The number of benzene rings is 1. The lowest BCUT2D eigenvalue weighted by molar-refractivity contribution is 0.129. The molecule has 2 aliphatic rings. The summed E-state index contributed by atoms with van der Waals surface area (Å²) in [7, 11) is 0. The summed E-state index contributed by atoms with van der Waals surface area (Å²) in [4.78, 5) is 0.560. The van der Waals surface area contributed by atoms with Crippen LogP contribution in [0, 0.1) is 31.6 Å². The molecule has 0 spiro atoms. The molecule has 4 unspecified atom stereocenters. The van der Waals surface area contributed by atoms with Gasteiger partial charge >= 0.3 is 0 Å². The fraction of sp³-hybridized carbons (Fsp3) is 0.684. The van der Waals surface area contributed by atoms with Crippen LogP contribution in [-0.4, -0.2) is 0 Å². The summed E-state index contributed by atoms with van der Waals surface area (Å²) in [5, 5.41) is 0. The van der Waals surface area contributed by atoms with Crippen LogP contribution >= 0.6 is 15.9 Å². The number of fused-ring (bicyclic) bond motifs is 1. The number of hydrogen-bond acceptors (Lipinski definition) is 0. The Morgan fingerprint density at radius 3 is 2.45 bits per heavy atom. The molecule has 0 amide bonds. The quantitative estimate of drug-likeness (QED) is 0.553. The molecule has 110 valence electrons. The molecule has 0 radical (unpaired) electrons. The van der Waals surface area contributed by atoms with E-state index < -0.39 is 0 Å². The predicted octanol–water partition coefficient (Wildman–Crippen LogP) is 6.35. The lowest BCUT2D eigenvalue weighted by Gasteiger charge is -2.41. The minimum Gasteiger partial charge on any atom is -0.0836 e. The third-order valence-electron chi connectivity index (χ3n) is 5.84. The van der Waals surface area contributed by atoms with Crippen LogP contribution in [0.4, 0.5) is 0 Å². The zero-order valence-electron chi connectivity index (χ0n) is 12.9. The first-order chi connectivity index (χ1) is 9.65. The van der Waals surface area contributed by atoms with Crippen molar-refractivity contribution in [1.29, 1.82) is 0 Å². The molecular formula is C19H27Br. The van der Waals surface area contributed by atoms with Gasteiger partial charge in [-0.1, -0.05) is 59.8 Å². The molecule has 2 saturated carbocycles. The van der Waals surface area contributed by atoms with Crippen molar-refractivity contribution in [2.75, 3.05) is 0 Å². The minimum absolute atomic E-state index is 0.560. The summed E-state index contributed by atoms with van der Waals surface area (Å²) in [6.07, 6.45) is 10.3. The average molecular weight is 335 g/mol. The number of alkyl halides is 1. The van der Waals surface area contributed by atoms with E-state index in [-0.39, 0.29) is 0 Å². The SMILES string of the molecule is Cc1ccc(C(Br)C2CCC3CCCCC3C2)cc1C. The van der Waals surface area contributed by atoms with E-state index in [0.29, 0.717) is 4.83 Å². The van der Waals surface area contributed by atoms with Gasteiger partial charge in [0.05, 0.1) is 0 Å². The fourth-order valence-electron chi connectivity index (χ4n) is 4.38. The van der Waals surface area contributed by atoms with Crippen LogP contribution in [-0.2, 0) is 0 Å². The molecule has 1 aromatic carbocycles. The van der Waals surface area contributed by atoms with Gasteiger partial charge < -0.3 is 0 Å². The third kappa shape index (κ3) is 2.98. The molecule has 2 aliphatic carbocycles. The zero-order valence-corrected chi connectivity index (χ0v) is 14.5. The van der Waals surface area contributed by atoms with Crippen LogP contribution in [0.15, 0.2) is 18.2 Å². The van der Waals surface area contributed by atoms with Gasteiger partial charge in [0, 0.05) is 4.83 Å². The zero-order chi connectivity index (χ0) is 14.1. The van der Waals surface area contributed by atoms with Crippen molar-refractivity contribution in [2.24, 2.45) is 17.8 Å². The van der Waals surface area contributed by atoms with E-state index in [9.17, 15) is 0 Å². The Kier molecular flexibility index (Phi) is 4.55.